The van der Waals surface area contributed by atoms with Crippen molar-refractivity contribution < 1.29 is 9.13 Å². The van der Waals surface area contributed by atoms with Crippen LogP contribution in [-0.4, -0.2) is 23.8 Å². The Balaban J connectivity index is 2.34. The summed E-state index contributed by atoms with van der Waals surface area (Å²) in [5.74, 6) is 0.530. The monoisotopic (exact) mass is 334 g/mol. The van der Waals surface area contributed by atoms with E-state index in [1.165, 1.54) is 6.07 Å². The van der Waals surface area contributed by atoms with E-state index in [9.17, 15) is 4.39 Å². The molecule has 0 aliphatic rings. The number of halogens is 2. The van der Waals surface area contributed by atoms with Crippen LogP contribution in [0.15, 0.2) is 36.4 Å². The number of rotatable bonds is 4. The second kappa shape index (κ2) is 7.01. The van der Waals surface area contributed by atoms with Gasteiger partial charge >= 0.3 is 0 Å². The van der Waals surface area contributed by atoms with Crippen molar-refractivity contribution in [2.45, 2.75) is 26.8 Å². The van der Waals surface area contributed by atoms with Gasteiger partial charge in [-0.1, -0.05) is 23.7 Å². The lowest BCUT2D eigenvalue weighted by Crippen LogP contribution is -2.33. The normalized spacial score (nSPS) is 10.7. The van der Waals surface area contributed by atoms with Crippen LogP contribution in [-0.2, 0) is 0 Å². The van der Waals surface area contributed by atoms with Crippen LogP contribution >= 0.6 is 11.6 Å². The summed E-state index contributed by atoms with van der Waals surface area (Å²) in [6.45, 7) is 5.86. The number of nitrogens with one attached hydrogen (secondary N) is 1. The minimum absolute atomic E-state index is 0.147. The predicted octanol–water partition coefficient (Wildman–Crippen LogP) is 5.25. The highest BCUT2D eigenvalue weighted by Crippen LogP contribution is 2.32. The van der Waals surface area contributed by atoms with Crippen molar-refractivity contribution in [2.24, 2.45) is 0 Å². The second-order valence-corrected chi connectivity index (χ2v) is 6.09. The Labute approximate surface area is 141 Å². The third-order valence-electron chi connectivity index (χ3n) is 3.70. The fourth-order valence-electron chi connectivity index (χ4n) is 2.05. The molecule has 2 rings (SSSR count). The molecule has 0 fully saturated rings. The maximum atomic E-state index is 13.7. The minimum Gasteiger partial charge on any atom is -0.454 e. The van der Waals surface area contributed by atoms with Gasteiger partial charge in [-0.3, -0.25) is 5.41 Å². The number of para-hydroxylation sites is 1. The average Bonchev–Trinajstić information content (AvgIpc) is 2.51. The highest BCUT2D eigenvalue weighted by molar-refractivity contribution is 6.34. The molecule has 0 saturated heterocycles. The second-order valence-electron chi connectivity index (χ2n) is 5.68. The summed E-state index contributed by atoms with van der Waals surface area (Å²) >= 11 is 6.31. The minimum atomic E-state index is -0.431. The summed E-state index contributed by atoms with van der Waals surface area (Å²) in [6, 6.07) is 9.82. The van der Waals surface area contributed by atoms with Crippen LogP contribution < -0.4 is 4.74 Å². The maximum Gasteiger partial charge on any atom is 0.165 e. The molecule has 0 heterocycles. The van der Waals surface area contributed by atoms with Gasteiger partial charge in [-0.2, -0.15) is 0 Å². The number of amidine groups is 1. The van der Waals surface area contributed by atoms with Crippen LogP contribution in [0.5, 0.6) is 11.5 Å². The average molecular weight is 335 g/mol. The van der Waals surface area contributed by atoms with Crippen molar-refractivity contribution in [3.05, 3.63) is 58.4 Å². The number of aryl methyl sites for hydroxylation is 1. The van der Waals surface area contributed by atoms with Crippen molar-refractivity contribution in [2.75, 3.05) is 7.05 Å². The Morgan fingerprint density at radius 3 is 2.48 bits per heavy atom. The third-order valence-corrected chi connectivity index (χ3v) is 4.02. The Morgan fingerprint density at radius 2 is 1.87 bits per heavy atom. The number of hydrogen-bond donors (Lipinski definition) is 1. The summed E-state index contributed by atoms with van der Waals surface area (Å²) in [5.41, 5.74) is 1.41. The Morgan fingerprint density at radius 1 is 1.22 bits per heavy atom. The molecule has 0 amide bonds. The number of nitrogens with zero attached hydrogens (tertiary/aromatic N) is 1. The maximum absolute atomic E-state index is 13.7. The lowest BCUT2D eigenvalue weighted by Gasteiger charge is -2.25. The van der Waals surface area contributed by atoms with Gasteiger partial charge in [0.25, 0.3) is 0 Å². The van der Waals surface area contributed by atoms with Gasteiger partial charge in [-0.15, -0.1) is 0 Å². The first-order valence-electron chi connectivity index (χ1n) is 7.35. The van der Waals surface area contributed by atoms with E-state index in [1.807, 2.05) is 32.7 Å². The van der Waals surface area contributed by atoms with E-state index >= 15 is 0 Å². The molecule has 0 spiro atoms. The molecule has 0 aliphatic heterocycles. The molecule has 3 nitrogen and oxygen atoms in total. The first-order valence-corrected chi connectivity index (χ1v) is 7.73. The first-order chi connectivity index (χ1) is 10.8. The van der Waals surface area contributed by atoms with Crippen molar-refractivity contribution in [1.82, 2.24) is 4.90 Å². The van der Waals surface area contributed by atoms with Crippen molar-refractivity contribution in [1.29, 1.82) is 5.41 Å². The van der Waals surface area contributed by atoms with E-state index in [2.05, 4.69) is 0 Å². The molecule has 0 saturated carbocycles. The van der Waals surface area contributed by atoms with Gasteiger partial charge in [0.1, 0.15) is 11.6 Å². The van der Waals surface area contributed by atoms with E-state index in [1.54, 1.807) is 30.3 Å². The Bertz CT molecular complexity index is 731. The number of benzene rings is 2. The topological polar surface area (TPSA) is 36.3 Å². The van der Waals surface area contributed by atoms with Crippen LogP contribution in [0.2, 0.25) is 5.02 Å². The molecule has 0 radical (unpaired) electrons. The summed E-state index contributed by atoms with van der Waals surface area (Å²) in [5, 5.41) is 8.67. The third kappa shape index (κ3) is 3.82. The zero-order chi connectivity index (χ0) is 17.1. The highest BCUT2D eigenvalue weighted by atomic mass is 35.5. The zero-order valence-electron chi connectivity index (χ0n) is 13.7. The van der Waals surface area contributed by atoms with Crippen LogP contribution in [0.4, 0.5) is 4.39 Å². The van der Waals surface area contributed by atoms with Crippen molar-refractivity contribution >= 4 is 17.4 Å². The van der Waals surface area contributed by atoms with E-state index in [-0.39, 0.29) is 11.8 Å². The molecule has 0 aliphatic carbocycles. The van der Waals surface area contributed by atoms with Crippen molar-refractivity contribution in [3.8, 4) is 11.5 Å². The molecule has 0 aromatic heterocycles. The zero-order valence-corrected chi connectivity index (χ0v) is 14.4. The molecule has 0 atom stereocenters. The fourth-order valence-corrected chi connectivity index (χ4v) is 2.29. The molecule has 2 aromatic rings. The van der Waals surface area contributed by atoms with Gasteiger partial charge in [0, 0.05) is 24.7 Å². The molecule has 0 bridgehead atoms. The van der Waals surface area contributed by atoms with Crippen LogP contribution in [0.1, 0.15) is 25.0 Å². The van der Waals surface area contributed by atoms with Gasteiger partial charge in [0.05, 0.1) is 5.02 Å². The Kier molecular flexibility index (Phi) is 5.26. The largest absolute Gasteiger partial charge is 0.454 e. The smallest absolute Gasteiger partial charge is 0.165 e. The van der Waals surface area contributed by atoms with Crippen LogP contribution in [0.3, 0.4) is 0 Å². The van der Waals surface area contributed by atoms with Gasteiger partial charge < -0.3 is 9.64 Å². The molecule has 122 valence electrons. The molecular weight excluding hydrogens is 315 g/mol. The summed E-state index contributed by atoms with van der Waals surface area (Å²) in [4.78, 5) is 1.83. The lowest BCUT2D eigenvalue weighted by atomic mass is 10.1. The van der Waals surface area contributed by atoms with Crippen LogP contribution in [0, 0.1) is 18.2 Å². The van der Waals surface area contributed by atoms with Gasteiger partial charge in [0.2, 0.25) is 0 Å². The van der Waals surface area contributed by atoms with E-state index in [0.29, 0.717) is 22.2 Å². The molecule has 23 heavy (non-hydrogen) atoms. The standard InChI is InChI=1S/C18H20ClFN2O/c1-11(2)22(4)18(21)13-9-12(3)17(10-14(13)19)23-16-8-6-5-7-15(16)20/h5-11,21H,1-4H3. The predicted molar refractivity (Wildman–Crippen MR) is 92.4 cm³/mol. The van der Waals surface area contributed by atoms with Crippen molar-refractivity contribution in [3.63, 3.8) is 0 Å². The number of hydrogen-bond acceptors (Lipinski definition) is 2. The van der Waals surface area contributed by atoms with Gasteiger partial charge in [-0.05, 0) is 44.5 Å². The van der Waals surface area contributed by atoms with E-state index in [4.69, 9.17) is 21.7 Å². The fraction of sp³-hybridized carbons (Fsp3) is 0.278. The Hall–Kier alpha value is -2.07. The molecule has 2 aromatic carbocycles. The van der Waals surface area contributed by atoms with Gasteiger partial charge in [-0.25, -0.2) is 4.39 Å². The first kappa shape index (κ1) is 17.3. The van der Waals surface area contributed by atoms with Crippen LogP contribution in [0.25, 0.3) is 0 Å². The molecular formula is C18H20ClFN2O. The molecule has 1 N–H and O–H groups in total. The number of ether oxygens (including phenoxy) is 1. The molecule has 5 heteroatoms. The van der Waals surface area contributed by atoms with E-state index in [0.717, 1.165) is 5.56 Å². The molecule has 0 unspecified atom stereocenters. The van der Waals surface area contributed by atoms with Gasteiger partial charge in [0.15, 0.2) is 11.6 Å². The SMILES string of the molecule is Cc1cc(C(=N)N(C)C(C)C)c(Cl)cc1Oc1ccccc1F. The summed E-state index contributed by atoms with van der Waals surface area (Å²) in [6.07, 6.45) is 0. The lowest BCUT2D eigenvalue weighted by molar-refractivity contribution is 0.415. The quantitative estimate of drug-likeness (QED) is 0.612. The summed E-state index contributed by atoms with van der Waals surface area (Å²) in [7, 11) is 1.85. The summed E-state index contributed by atoms with van der Waals surface area (Å²) < 4.78 is 19.3. The highest BCUT2D eigenvalue weighted by Gasteiger charge is 2.17. The van der Waals surface area contributed by atoms with E-state index < -0.39 is 5.82 Å².